The molecular formula is C43H85O11P. The van der Waals surface area contributed by atoms with Crippen molar-refractivity contribution in [1.82, 2.24) is 0 Å². The van der Waals surface area contributed by atoms with Gasteiger partial charge in [0.25, 0.3) is 0 Å². The minimum atomic E-state index is -4.84. The third-order valence-electron chi connectivity index (χ3n) is 10.2. The standard InChI is InChI=1S/C43H85O11P/c1-3-5-7-9-11-13-15-17-19-21-23-25-27-29-31-33-42(47)51-37-39(38-52-55(49,50)54-41(36-45)40(46)35-44)53-43(48)34-32-30-28-26-24-22-20-18-16-14-12-10-8-6-4-2/h39-41,44-46H,3-38H2,1-2H3,(H,49,50)/t39-,40-,41-/m1/s1. The monoisotopic (exact) mass is 809 g/mol. The number of esters is 2. The van der Waals surface area contributed by atoms with Gasteiger partial charge in [0, 0.05) is 12.8 Å². The van der Waals surface area contributed by atoms with E-state index < -0.39 is 57.9 Å². The molecular weight excluding hydrogens is 723 g/mol. The van der Waals surface area contributed by atoms with Gasteiger partial charge in [-0.1, -0.05) is 194 Å². The van der Waals surface area contributed by atoms with Gasteiger partial charge in [-0.15, -0.1) is 0 Å². The predicted molar refractivity (Wildman–Crippen MR) is 221 cm³/mol. The van der Waals surface area contributed by atoms with E-state index >= 15 is 0 Å². The maximum absolute atomic E-state index is 12.7. The Hall–Kier alpha value is -1.07. The Balaban J connectivity index is 4.41. The van der Waals surface area contributed by atoms with Crippen LogP contribution in [0.2, 0.25) is 0 Å². The van der Waals surface area contributed by atoms with Crippen molar-refractivity contribution in [2.45, 2.75) is 238 Å². The van der Waals surface area contributed by atoms with Gasteiger partial charge in [0.05, 0.1) is 19.8 Å². The molecule has 0 saturated carbocycles. The lowest BCUT2D eigenvalue weighted by molar-refractivity contribution is -0.161. The quantitative estimate of drug-likeness (QED) is 0.0263. The average Bonchev–Trinajstić information content (AvgIpc) is 3.17. The van der Waals surface area contributed by atoms with E-state index in [1.165, 1.54) is 141 Å². The molecule has 0 bridgehead atoms. The van der Waals surface area contributed by atoms with E-state index in [1.807, 2.05) is 0 Å². The number of ether oxygens (including phenoxy) is 2. The summed E-state index contributed by atoms with van der Waals surface area (Å²) in [5.74, 6) is -0.979. The van der Waals surface area contributed by atoms with Crippen LogP contribution in [-0.2, 0) is 32.7 Å². The molecule has 0 aromatic carbocycles. The van der Waals surface area contributed by atoms with E-state index in [0.29, 0.717) is 12.8 Å². The fourth-order valence-electron chi connectivity index (χ4n) is 6.62. The van der Waals surface area contributed by atoms with E-state index in [1.54, 1.807) is 0 Å². The summed E-state index contributed by atoms with van der Waals surface area (Å²) in [5.41, 5.74) is 0. The molecule has 4 atom stereocenters. The number of rotatable bonds is 43. The van der Waals surface area contributed by atoms with Crippen molar-refractivity contribution in [3.05, 3.63) is 0 Å². The summed E-state index contributed by atoms with van der Waals surface area (Å²) in [6, 6.07) is 0. The molecule has 0 aliphatic rings. The van der Waals surface area contributed by atoms with Crippen LogP contribution in [0.25, 0.3) is 0 Å². The molecule has 0 amide bonds. The van der Waals surface area contributed by atoms with Crippen molar-refractivity contribution in [1.29, 1.82) is 0 Å². The van der Waals surface area contributed by atoms with Crippen molar-refractivity contribution in [2.24, 2.45) is 0 Å². The Bertz CT molecular complexity index is 906. The second-order valence-electron chi connectivity index (χ2n) is 15.5. The van der Waals surface area contributed by atoms with Crippen LogP contribution in [0, 0.1) is 0 Å². The number of unbranched alkanes of at least 4 members (excludes halogenated alkanes) is 28. The number of phosphoric ester groups is 1. The molecule has 0 aromatic rings. The molecule has 12 heteroatoms. The van der Waals surface area contributed by atoms with Crippen LogP contribution in [0.5, 0.6) is 0 Å². The third kappa shape index (κ3) is 37.0. The van der Waals surface area contributed by atoms with E-state index in [4.69, 9.17) is 23.6 Å². The summed E-state index contributed by atoms with van der Waals surface area (Å²) < 4.78 is 33.1. The fraction of sp³-hybridized carbons (Fsp3) is 0.953. The molecule has 0 spiro atoms. The van der Waals surface area contributed by atoms with Gasteiger partial charge in [-0.3, -0.25) is 18.6 Å². The van der Waals surface area contributed by atoms with Crippen molar-refractivity contribution >= 4 is 19.8 Å². The number of hydrogen-bond acceptors (Lipinski definition) is 10. The van der Waals surface area contributed by atoms with Gasteiger partial charge in [-0.2, -0.15) is 0 Å². The first-order chi connectivity index (χ1) is 26.7. The highest BCUT2D eigenvalue weighted by Crippen LogP contribution is 2.45. The van der Waals surface area contributed by atoms with Crippen LogP contribution in [-0.4, -0.2) is 76.9 Å². The first kappa shape index (κ1) is 53.9. The Labute approximate surface area is 336 Å². The summed E-state index contributed by atoms with van der Waals surface area (Å²) in [7, 11) is -4.84. The van der Waals surface area contributed by atoms with Crippen molar-refractivity contribution in [3.8, 4) is 0 Å². The van der Waals surface area contributed by atoms with Crippen molar-refractivity contribution < 1.29 is 52.9 Å². The number of carbonyl (C=O) groups is 2. The molecule has 55 heavy (non-hydrogen) atoms. The van der Waals surface area contributed by atoms with Gasteiger partial charge in [-0.05, 0) is 12.8 Å². The first-order valence-electron chi connectivity index (χ1n) is 22.6. The lowest BCUT2D eigenvalue weighted by atomic mass is 10.0. The number of aliphatic hydroxyl groups excluding tert-OH is 3. The number of carbonyl (C=O) groups excluding carboxylic acids is 2. The molecule has 11 nitrogen and oxygen atoms in total. The zero-order valence-electron chi connectivity index (χ0n) is 35.3. The molecule has 0 heterocycles. The second-order valence-corrected chi connectivity index (χ2v) is 16.9. The highest BCUT2D eigenvalue weighted by Gasteiger charge is 2.32. The Morgan fingerprint density at radius 3 is 1.20 bits per heavy atom. The topological polar surface area (TPSA) is 169 Å². The predicted octanol–water partition coefficient (Wildman–Crippen LogP) is 10.8. The number of aliphatic hydroxyl groups is 3. The van der Waals surface area contributed by atoms with Crippen LogP contribution in [0.3, 0.4) is 0 Å². The fourth-order valence-corrected chi connectivity index (χ4v) is 7.59. The maximum atomic E-state index is 12.7. The van der Waals surface area contributed by atoms with Gasteiger partial charge in [0.15, 0.2) is 6.10 Å². The van der Waals surface area contributed by atoms with Gasteiger partial charge >= 0.3 is 19.8 Å². The van der Waals surface area contributed by atoms with E-state index in [9.17, 15) is 29.3 Å². The zero-order chi connectivity index (χ0) is 40.7. The summed E-state index contributed by atoms with van der Waals surface area (Å²) in [6.45, 7) is 1.88. The van der Waals surface area contributed by atoms with Gasteiger partial charge in [0.2, 0.25) is 0 Å². The largest absolute Gasteiger partial charge is 0.472 e. The van der Waals surface area contributed by atoms with E-state index in [-0.39, 0.29) is 19.4 Å². The summed E-state index contributed by atoms with van der Waals surface area (Å²) >= 11 is 0. The first-order valence-corrected chi connectivity index (χ1v) is 24.1. The molecule has 0 aliphatic carbocycles. The number of phosphoric acid groups is 1. The van der Waals surface area contributed by atoms with Crippen LogP contribution < -0.4 is 0 Å². The zero-order valence-corrected chi connectivity index (χ0v) is 36.2. The molecule has 0 aliphatic heterocycles. The Morgan fingerprint density at radius 2 is 0.855 bits per heavy atom. The van der Waals surface area contributed by atoms with Crippen LogP contribution in [0.4, 0.5) is 0 Å². The summed E-state index contributed by atoms with van der Waals surface area (Å²) in [5, 5.41) is 28.2. The SMILES string of the molecule is CCCCCCCCCCCCCCCCCC(=O)OC[C@H](COP(=O)(O)O[C@H](CO)[C@H](O)CO)OC(=O)CCCCCCCCCCCCCCCCC. The van der Waals surface area contributed by atoms with Crippen LogP contribution in [0.1, 0.15) is 219 Å². The molecule has 1 unspecified atom stereocenters. The van der Waals surface area contributed by atoms with Gasteiger partial charge in [-0.25, -0.2) is 4.57 Å². The minimum absolute atomic E-state index is 0.157. The molecule has 0 radical (unpaired) electrons. The molecule has 4 N–H and O–H groups in total. The lowest BCUT2D eigenvalue weighted by Gasteiger charge is -2.24. The van der Waals surface area contributed by atoms with E-state index in [2.05, 4.69) is 13.8 Å². The highest BCUT2D eigenvalue weighted by molar-refractivity contribution is 7.47. The lowest BCUT2D eigenvalue weighted by Crippen LogP contribution is -2.35. The molecule has 0 aromatic heterocycles. The number of hydrogen-bond donors (Lipinski definition) is 4. The van der Waals surface area contributed by atoms with Crippen molar-refractivity contribution in [2.75, 3.05) is 26.4 Å². The summed E-state index contributed by atoms with van der Waals surface area (Å²) in [4.78, 5) is 35.3. The smallest absolute Gasteiger partial charge is 0.462 e. The molecule has 0 saturated heterocycles. The highest BCUT2D eigenvalue weighted by atomic mass is 31.2. The van der Waals surface area contributed by atoms with Crippen LogP contribution in [0.15, 0.2) is 0 Å². The molecule has 328 valence electrons. The average molecular weight is 809 g/mol. The molecule has 0 rings (SSSR count). The normalized spacial score (nSPS) is 14.4. The second kappa shape index (κ2) is 39.7. The Morgan fingerprint density at radius 1 is 0.509 bits per heavy atom. The van der Waals surface area contributed by atoms with Crippen molar-refractivity contribution in [3.63, 3.8) is 0 Å². The third-order valence-corrected chi connectivity index (χ3v) is 11.2. The maximum Gasteiger partial charge on any atom is 0.472 e. The van der Waals surface area contributed by atoms with Crippen LogP contribution >= 0.6 is 7.82 Å². The minimum Gasteiger partial charge on any atom is -0.462 e. The Kier molecular flexibility index (Phi) is 39.0. The van der Waals surface area contributed by atoms with E-state index in [0.717, 1.165) is 38.5 Å². The summed E-state index contributed by atoms with van der Waals surface area (Å²) in [6.07, 6.45) is 32.5. The molecule has 0 fully saturated rings. The van der Waals surface area contributed by atoms with Gasteiger partial charge < -0.3 is 29.7 Å². The van der Waals surface area contributed by atoms with Gasteiger partial charge in [0.1, 0.15) is 18.8 Å².